The molecule has 2 aromatic carbocycles. The number of sulfonamides is 1. The zero-order valence-electron chi connectivity index (χ0n) is 16.1. The monoisotopic (exact) mass is 418 g/mol. The summed E-state index contributed by atoms with van der Waals surface area (Å²) in [6.45, 7) is 1.28. The number of benzene rings is 2. The van der Waals surface area contributed by atoms with Crippen molar-refractivity contribution in [1.29, 1.82) is 0 Å². The standard InChI is InChI=1S/C20H22N2O6S/c1-3-4-13-28-18-9-11-19(12-10-18)29(25,26)22(15-20(23)21-24)14-16-5-7-17(27-2)8-6-16/h5-12,24H,13-15H2,1-2H3,(H,21,23). The fourth-order valence-corrected chi connectivity index (χ4v) is 3.79. The van der Waals surface area contributed by atoms with Crippen molar-refractivity contribution in [2.24, 2.45) is 0 Å². The minimum atomic E-state index is -4.02. The molecule has 0 aliphatic carbocycles. The highest BCUT2D eigenvalue weighted by Gasteiger charge is 2.27. The molecule has 1 amide bonds. The Bertz CT molecular complexity index is 976. The van der Waals surface area contributed by atoms with Gasteiger partial charge in [0.15, 0.2) is 0 Å². The highest BCUT2D eigenvalue weighted by atomic mass is 32.2. The van der Waals surface area contributed by atoms with Crippen LogP contribution in [0.1, 0.15) is 12.5 Å². The van der Waals surface area contributed by atoms with Crippen molar-refractivity contribution >= 4 is 15.9 Å². The summed E-state index contributed by atoms with van der Waals surface area (Å²) < 4.78 is 37.6. The zero-order chi connectivity index (χ0) is 21.3. The number of amides is 1. The normalized spacial score (nSPS) is 10.8. The minimum Gasteiger partial charge on any atom is -0.497 e. The predicted molar refractivity (Wildman–Crippen MR) is 106 cm³/mol. The van der Waals surface area contributed by atoms with Crippen molar-refractivity contribution in [3.63, 3.8) is 0 Å². The van der Waals surface area contributed by atoms with Crippen LogP contribution in [0.15, 0.2) is 53.4 Å². The first-order chi connectivity index (χ1) is 13.9. The number of methoxy groups -OCH3 is 1. The molecule has 0 unspecified atom stereocenters. The lowest BCUT2D eigenvalue weighted by atomic mass is 10.2. The number of hydrogen-bond donors (Lipinski definition) is 2. The Hall–Kier alpha value is -3.06. The summed E-state index contributed by atoms with van der Waals surface area (Å²) >= 11 is 0. The first-order valence-electron chi connectivity index (χ1n) is 8.59. The molecule has 9 heteroatoms. The first-order valence-corrected chi connectivity index (χ1v) is 10.0. The average molecular weight is 418 g/mol. The van der Waals surface area contributed by atoms with Crippen molar-refractivity contribution in [1.82, 2.24) is 9.79 Å². The lowest BCUT2D eigenvalue weighted by molar-refractivity contribution is -0.129. The van der Waals surface area contributed by atoms with Crippen LogP contribution in [0.5, 0.6) is 11.5 Å². The molecule has 8 nitrogen and oxygen atoms in total. The predicted octanol–water partition coefficient (Wildman–Crippen LogP) is 1.79. The Labute approximate surface area is 170 Å². The molecule has 154 valence electrons. The number of rotatable bonds is 9. The van der Waals surface area contributed by atoms with E-state index in [1.807, 2.05) is 0 Å². The van der Waals surface area contributed by atoms with E-state index in [9.17, 15) is 13.2 Å². The fourth-order valence-electron chi connectivity index (χ4n) is 2.40. The van der Waals surface area contributed by atoms with Gasteiger partial charge in [0, 0.05) is 6.54 Å². The van der Waals surface area contributed by atoms with E-state index >= 15 is 0 Å². The average Bonchev–Trinajstić information content (AvgIpc) is 2.74. The molecule has 0 heterocycles. The van der Waals surface area contributed by atoms with Crippen LogP contribution in [0.4, 0.5) is 0 Å². The highest BCUT2D eigenvalue weighted by Crippen LogP contribution is 2.22. The molecule has 0 radical (unpaired) electrons. The topological polar surface area (TPSA) is 105 Å². The maximum atomic E-state index is 13.1. The summed E-state index contributed by atoms with van der Waals surface area (Å²) in [7, 11) is -2.49. The summed E-state index contributed by atoms with van der Waals surface area (Å²) in [6, 6.07) is 12.6. The molecule has 2 rings (SSSR count). The van der Waals surface area contributed by atoms with Gasteiger partial charge in [-0.05, 0) is 48.9 Å². The second kappa shape index (κ2) is 10.5. The van der Waals surface area contributed by atoms with Gasteiger partial charge in [-0.1, -0.05) is 18.1 Å². The van der Waals surface area contributed by atoms with Gasteiger partial charge in [-0.15, -0.1) is 5.92 Å². The van der Waals surface area contributed by atoms with E-state index in [0.717, 1.165) is 4.31 Å². The van der Waals surface area contributed by atoms with E-state index in [4.69, 9.17) is 14.7 Å². The number of hydrogen-bond acceptors (Lipinski definition) is 6. The smallest absolute Gasteiger partial charge is 0.258 e. The fraction of sp³-hybridized carbons (Fsp3) is 0.250. The molecule has 0 bridgehead atoms. The van der Waals surface area contributed by atoms with Crippen LogP contribution in [0, 0.1) is 11.8 Å². The van der Waals surface area contributed by atoms with Crippen LogP contribution < -0.4 is 15.0 Å². The Morgan fingerprint density at radius 1 is 1.10 bits per heavy atom. The number of nitrogens with one attached hydrogen (secondary N) is 1. The largest absolute Gasteiger partial charge is 0.497 e. The van der Waals surface area contributed by atoms with Crippen molar-refractivity contribution in [3.8, 4) is 23.3 Å². The summed E-state index contributed by atoms with van der Waals surface area (Å²) in [6.07, 6.45) is 0. The van der Waals surface area contributed by atoms with E-state index in [2.05, 4.69) is 11.8 Å². The van der Waals surface area contributed by atoms with Gasteiger partial charge in [-0.3, -0.25) is 10.0 Å². The first kappa shape index (κ1) is 22.2. The third-order valence-electron chi connectivity index (χ3n) is 3.91. The van der Waals surface area contributed by atoms with Crippen LogP contribution in [0.25, 0.3) is 0 Å². The second-order valence-corrected chi connectivity index (χ2v) is 7.78. The summed E-state index contributed by atoms with van der Waals surface area (Å²) in [5.41, 5.74) is 2.11. The van der Waals surface area contributed by atoms with Crippen LogP contribution >= 0.6 is 0 Å². The molecular weight excluding hydrogens is 396 g/mol. The van der Waals surface area contributed by atoms with Gasteiger partial charge in [0.2, 0.25) is 10.0 Å². The number of carbonyl (C=O) groups is 1. The van der Waals surface area contributed by atoms with Gasteiger partial charge >= 0.3 is 0 Å². The van der Waals surface area contributed by atoms with E-state index in [1.165, 1.54) is 36.9 Å². The van der Waals surface area contributed by atoms with Gasteiger partial charge in [-0.25, -0.2) is 13.9 Å². The summed E-state index contributed by atoms with van der Waals surface area (Å²) in [5.74, 6) is 5.70. The molecule has 0 atom stereocenters. The van der Waals surface area contributed by atoms with E-state index < -0.39 is 22.5 Å². The van der Waals surface area contributed by atoms with Crippen molar-refractivity contribution < 1.29 is 27.9 Å². The van der Waals surface area contributed by atoms with Gasteiger partial charge in [0.1, 0.15) is 18.1 Å². The van der Waals surface area contributed by atoms with Crippen molar-refractivity contribution in [3.05, 3.63) is 54.1 Å². The highest BCUT2D eigenvalue weighted by molar-refractivity contribution is 7.89. The molecule has 0 aliphatic rings. The van der Waals surface area contributed by atoms with E-state index in [1.54, 1.807) is 31.2 Å². The van der Waals surface area contributed by atoms with Crippen LogP contribution in [0.3, 0.4) is 0 Å². The number of ether oxygens (including phenoxy) is 2. The maximum Gasteiger partial charge on any atom is 0.258 e. The van der Waals surface area contributed by atoms with Crippen molar-refractivity contribution in [2.75, 3.05) is 20.3 Å². The minimum absolute atomic E-state index is 0.00863. The molecule has 0 spiro atoms. The maximum absolute atomic E-state index is 13.1. The SMILES string of the molecule is CC#CCOc1ccc(S(=O)(=O)N(CC(=O)NO)Cc2ccc(OC)cc2)cc1. The Morgan fingerprint density at radius 3 is 2.28 bits per heavy atom. The Balaban J connectivity index is 2.26. The van der Waals surface area contributed by atoms with Gasteiger partial charge in [0.25, 0.3) is 5.91 Å². The third kappa shape index (κ3) is 6.22. The lowest BCUT2D eigenvalue weighted by Crippen LogP contribution is -2.39. The van der Waals surface area contributed by atoms with Gasteiger partial charge in [-0.2, -0.15) is 4.31 Å². The molecule has 2 aromatic rings. The van der Waals surface area contributed by atoms with Gasteiger partial charge in [0.05, 0.1) is 18.6 Å². The Kier molecular flexibility index (Phi) is 8.03. The summed E-state index contributed by atoms with van der Waals surface area (Å²) in [5, 5.41) is 8.83. The molecule has 0 saturated carbocycles. The molecule has 0 fully saturated rings. The molecule has 29 heavy (non-hydrogen) atoms. The zero-order valence-corrected chi connectivity index (χ0v) is 16.9. The quantitative estimate of drug-likeness (QED) is 0.365. The number of carbonyl (C=O) groups excluding carboxylic acids is 1. The Morgan fingerprint density at radius 2 is 1.72 bits per heavy atom. The van der Waals surface area contributed by atoms with Gasteiger partial charge < -0.3 is 9.47 Å². The lowest BCUT2D eigenvalue weighted by Gasteiger charge is -2.21. The molecule has 0 aromatic heterocycles. The number of nitrogens with zero attached hydrogens (tertiary/aromatic N) is 1. The molecular formula is C20H22N2O6S. The van der Waals surface area contributed by atoms with E-state index in [0.29, 0.717) is 17.1 Å². The van der Waals surface area contributed by atoms with Crippen LogP contribution in [-0.2, 0) is 21.4 Å². The van der Waals surface area contributed by atoms with Crippen LogP contribution in [0.2, 0.25) is 0 Å². The third-order valence-corrected chi connectivity index (χ3v) is 5.72. The molecule has 2 N–H and O–H groups in total. The molecule has 0 aliphatic heterocycles. The van der Waals surface area contributed by atoms with Crippen molar-refractivity contribution in [2.45, 2.75) is 18.4 Å². The van der Waals surface area contributed by atoms with Crippen LogP contribution in [-0.4, -0.2) is 44.1 Å². The number of hydroxylamine groups is 1. The molecule has 0 saturated heterocycles. The summed E-state index contributed by atoms with van der Waals surface area (Å²) in [4.78, 5) is 11.7. The second-order valence-electron chi connectivity index (χ2n) is 5.84. The van der Waals surface area contributed by atoms with E-state index in [-0.39, 0.29) is 18.0 Å².